The van der Waals surface area contributed by atoms with Crippen LogP contribution in [0.3, 0.4) is 0 Å². The van der Waals surface area contributed by atoms with Gasteiger partial charge in [-0.05, 0) is 30.3 Å². The van der Waals surface area contributed by atoms with Crippen LogP contribution in [-0.4, -0.2) is 38.0 Å². The van der Waals surface area contributed by atoms with Crippen LogP contribution in [0.25, 0.3) is 0 Å². The molecule has 0 unspecified atom stereocenters. The van der Waals surface area contributed by atoms with Gasteiger partial charge in [0.2, 0.25) is 8.32 Å². The van der Waals surface area contributed by atoms with Crippen molar-refractivity contribution in [3.8, 4) is 5.75 Å². The highest BCUT2D eigenvalue weighted by molar-refractivity contribution is 6.74. The molecule has 0 saturated carbocycles. The normalized spacial score (nSPS) is 27.2. The molecule has 28 heavy (non-hydrogen) atoms. The first kappa shape index (κ1) is 20.5. The fourth-order valence-corrected chi connectivity index (χ4v) is 4.79. The highest BCUT2D eigenvalue weighted by Crippen LogP contribution is 2.51. The van der Waals surface area contributed by atoms with Gasteiger partial charge < -0.3 is 13.9 Å². The zero-order valence-electron chi connectivity index (χ0n) is 17.1. The summed E-state index contributed by atoms with van der Waals surface area (Å²) in [6.45, 7) is 10.6. The lowest BCUT2D eigenvalue weighted by Crippen LogP contribution is -2.64. The molecular weight excluding hydrogens is 378 g/mol. The second kappa shape index (κ2) is 6.70. The van der Waals surface area contributed by atoms with Gasteiger partial charge in [-0.25, -0.2) is 4.79 Å². The summed E-state index contributed by atoms with van der Waals surface area (Å²) in [6, 6.07) is 6.96. The van der Waals surface area contributed by atoms with E-state index in [4.69, 9.17) is 13.9 Å². The van der Waals surface area contributed by atoms with Crippen molar-refractivity contribution < 1.29 is 23.6 Å². The van der Waals surface area contributed by atoms with Crippen LogP contribution in [0, 0.1) is 10.1 Å². The average molecular weight is 406 g/mol. The summed E-state index contributed by atoms with van der Waals surface area (Å²) in [5, 5.41) is 12.2. The summed E-state index contributed by atoms with van der Waals surface area (Å²) in [4.78, 5) is 24.5. The van der Waals surface area contributed by atoms with Crippen molar-refractivity contribution >= 4 is 14.3 Å². The van der Waals surface area contributed by atoms with Crippen LogP contribution >= 0.6 is 0 Å². The molecule has 3 atom stereocenters. The molecular formula is C20H27NO6Si. The van der Waals surface area contributed by atoms with E-state index in [1.807, 2.05) is 0 Å². The Hall–Kier alpha value is -2.19. The number of methoxy groups -OCH3 is 1. The van der Waals surface area contributed by atoms with E-state index in [9.17, 15) is 14.9 Å². The lowest BCUT2D eigenvalue weighted by Gasteiger charge is -2.44. The van der Waals surface area contributed by atoms with Gasteiger partial charge in [-0.3, -0.25) is 10.1 Å². The van der Waals surface area contributed by atoms with Gasteiger partial charge in [-0.2, -0.15) is 0 Å². The van der Waals surface area contributed by atoms with Gasteiger partial charge in [0.1, 0.15) is 5.75 Å². The van der Waals surface area contributed by atoms with Gasteiger partial charge in [0, 0.05) is 24.0 Å². The Balaban J connectivity index is 2.14. The number of esters is 1. The van der Waals surface area contributed by atoms with Gasteiger partial charge in [-0.15, -0.1) is 0 Å². The second-order valence-electron chi connectivity index (χ2n) is 8.92. The number of allylic oxidation sites excluding steroid dienone is 1. The number of nitrogens with zero attached hydrogens (tertiary/aromatic N) is 1. The smallest absolute Gasteiger partial charge is 0.394 e. The summed E-state index contributed by atoms with van der Waals surface area (Å²) in [7, 11) is -0.794. The third kappa shape index (κ3) is 2.95. The van der Waals surface area contributed by atoms with E-state index in [0.717, 1.165) is 0 Å². The number of hydrogen-bond donors (Lipinski definition) is 0. The minimum absolute atomic E-state index is 0.0303. The fourth-order valence-electron chi connectivity index (χ4n) is 3.68. The quantitative estimate of drug-likeness (QED) is 0.247. The Morgan fingerprint density at radius 3 is 2.50 bits per heavy atom. The monoisotopic (exact) mass is 405 g/mol. The molecule has 0 fully saturated rings. The summed E-state index contributed by atoms with van der Waals surface area (Å²) >= 11 is 0. The maximum Gasteiger partial charge on any atom is 0.394 e. The van der Waals surface area contributed by atoms with Crippen molar-refractivity contribution in [2.24, 2.45) is 0 Å². The Kier molecular flexibility index (Phi) is 4.92. The molecule has 3 rings (SSSR count). The predicted molar refractivity (Wildman–Crippen MR) is 106 cm³/mol. The number of hydrogen-bond acceptors (Lipinski definition) is 6. The Bertz CT molecular complexity index is 843. The van der Waals surface area contributed by atoms with E-state index in [-0.39, 0.29) is 11.5 Å². The van der Waals surface area contributed by atoms with Crippen molar-refractivity contribution in [1.82, 2.24) is 0 Å². The molecule has 152 valence electrons. The summed E-state index contributed by atoms with van der Waals surface area (Å²) in [5.74, 6) is -0.617. The third-order valence-corrected chi connectivity index (χ3v) is 10.7. The largest absolute Gasteiger partial charge is 0.547 e. The molecule has 0 amide bonds. The van der Waals surface area contributed by atoms with Crippen LogP contribution in [0.1, 0.15) is 38.7 Å². The van der Waals surface area contributed by atoms with Crippen LogP contribution in [0.5, 0.6) is 5.75 Å². The number of fused-ring (bicyclic) bond motifs is 3. The Morgan fingerprint density at radius 1 is 1.29 bits per heavy atom. The van der Waals surface area contributed by atoms with Crippen molar-refractivity contribution in [3.63, 3.8) is 0 Å². The van der Waals surface area contributed by atoms with Crippen LogP contribution in [0.2, 0.25) is 18.1 Å². The summed E-state index contributed by atoms with van der Waals surface area (Å²) in [6.07, 6.45) is 0.760. The molecule has 0 N–H and O–H groups in total. The van der Waals surface area contributed by atoms with E-state index in [0.29, 0.717) is 17.1 Å². The van der Waals surface area contributed by atoms with Gasteiger partial charge in [0.05, 0.1) is 11.7 Å². The number of rotatable bonds is 4. The van der Waals surface area contributed by atoms with Crippen molar-refractivity contribution in [2.45, 2.75) is 62.9 Å². The minimum atomic E-state index is -2.16. The van der Waals surface area contributed by atoms with E-state index in [1.165, 1.54) is 7.11 Å². The first-order valence-electron chi connectivity index (χ1n) is 9.33. The molecule has 2 aliphatic rings. The molecule has 0 bridgehead atoms. The molecule has 1 aliphatic heterocycles. The first-order valence-corrected chi connectivity index (χ1v) is 12.2. The minimum Gasteiger partial charge on any atom is -0.547 e. The van der Waals surface area contributed by atoms with Gasteiger partial charge in [-0.1, -0.05) is 39.0 Å². The van der Waals surface area contributed by atoms with Crippen molar-refractivity contribution in [2.75, 3.05) is 7.11 Å². The van der Waals surface area contributed by atoms with Crippen LogP contribution in [0.15, 0.2) is 36.1 Å². The van der Waals surface area contributed by atoms with E-state index >= 15 is 0 Å². The van der Waals surface area contributed by atoms with Crippen LogP contribution in [0.4, 0.5) is 0 Å². The molecule has 0 saturated heterocycles. The Morgan fingerprint density at radius 2 is 1.93 bits per heavy atom. The van der Waals surface area contributed by atoms with Gasteiger partial charge in [0.25, 0.3) is 0 Å². The molecule has 1 aliphatic carbocycles. The number of nitro groups is 1. The molecule has 0 spiro atoms. The Labute approximate surface area is 165 Å². The number of ether oxygens (including phenoxy) is 2. The van der Waals surface area contributed by atoms with E-state index < -0.39 is 36.8 Å². The highest BCUT2D eigenvalue weighted by atomic mass is 28.4. The highest BCUT2D eigenvalue weighted by Gasteiger charge is 2.69. The number of carbonyl (C=O) groups is 1. The van der Waals surface area contributed by atoms with Crippen molar-refractivity contribution in [3.05, 3.63) is 51.8 Å². The maximum atomic E-state index is 12.9. The molecule has 1 aromatic carbocycles. The number of para-hydroxylation sites is 1. The summed E-state index contributed by atoms with van der Waals surface area (Å²) in [5.41, 5.74) is -1.39. The van der Waals surface area contributed by atoms with Crippen LogP contribution in [-0.2, 0) is 14.0 Å². The number of benzene rings is 1. The molecule has 1 heterocycles. The average Bonchev–Trinajstić information content (AvgIpc) is 2.59. The molecule has 0 aromatic heterocycles. The van der Waals surface area contributed by atoms with Gasteiger partial charge >= 0.3 is 11.5 Å². The lowest BCUT2D eigenvalue weighted by atomic mass is 9.69. The van der Waals surface area contributed by atoms with Crippen molar-refractivity contribution in [1.29, 1.82) is 0 Å². The predicted octanol–water partition coefficient (Wildman–Crippen LogP) is 4.03. The zero-order valence-corrected chi connectivity index (χ0v) is 18.1. The number of carbonyl (C=O) groups excluding carboxylic acids is 1. The lowest BCUT2D eigenvalue weighted by molar-refractivity contribution is -0.571. The zero-order chi connectivity index (χ0) is 20.9. The van der Waals surface area contributed by atoms with E-state index in [2.05, 4.69) is 33.9 Å². The second-order valence-corrected chi connectivity index (χ2v) is 13.6. The molecule has 1 aromatic rings. The summed E-state index contributed by atoms with van der Waals surface area (Å²) < 4.78 is 17.3. The van der Waals surface area contributed by atoms with Crippen LogP contribution < -0.4 is 4.74 Å². The first-order chi connectivity index (χ1) is 12.9. The van der Waals surface area contributed by atoms with Gasteiger partial charge in [0.15, 0.2) is 6.10 Å². The fraction of sp³-hybridized carbons (Fsp3) is 0.550. The molecule has 7 nitrogen and oxygen atoms in total. The standard InChI is InChI=1S/C20H27NO6Si/c1-19(2,3)28(5,6)27-13-11-15-14-9-7-8-10-16(14)26-18(22)20(15,21(23)24)17(12-13)25-4/h7-10,12,15,17H,11H2,1-6H3/t15-,17-,20-/m1/s1. The third-order valence-electron chi connectivity index (χ3n) is 6.28. The maximum absolute atomic E-state index is 12.9. The SMILES string of the molecule is CO[C@@H]1C=C(O[Si](C)(C)C(C)(C)C)C[C@@H]2c3ccccc3OC(=O)[C@@]21[N+](=O)[O-]. The topological polar surface area (TPSA) is 87.9 Å². The van der Waals surface area contributed by atoms with E-state index in [1.54, 1.807) is 30.3 Å². The molecule has 0 radical (unpaired) electrons. The molecule has 8 heteroatoms.